The van der Waals surface area contributed by atoms with Gasteiger partial charge in [-0.3, -0.25) is 0 Å². The van der Waals surface area contributed by atoms with Crippen molar-refractivity contribution in [3.63, 3.8) is 0 Å². The number of hydrogen-bond acceptors (Lipinski definition) is 4. The summed E-state index contributed by atoms with van der Waals surface area (Å²) in [6, 6.07) is 9.97. The Morgan fingerprint density at radius 1 is 1.33 bits per heavy atom. The summed E-state index contributed by atoms with van der Waals surface area (Å²) in [5.41, 5.74) is 0. The lowest BCUT2D eigenvalue weighted by molar-refractivity contribution is 0.0714. The highest BCUT2D eigenvalue weighted by Gasteiger charge is 2.36. The second-order valence-corrected chi connectivity index (χ2v) is 6.77. The molecule has 4 heteroatoms. The van der Waals surface area contributed by atoms with Crippen LogP contribution in [0, 0.1) is 18.1 Å². The Morgan fingerprint density at radius 2 is 2.17 bits per heavy atom. The molecule has 0 aromatic heterocycles. The van der Waals surface area contributed by atoms with Gasteiger partial charge in [0.2, 0.25) is 5.75 Å². The van der Waals surface area contributed by atoms with E-state index in [1.165, 1.54) is 19.4 Å². The van der Waals surface area contributed by atoms with Gasteiger partial charge < -0.3 is 19.5 Å². The number of methoxy groups -OCH3 is 1. The number of ether oxygens (including phenoxy) is 2. The molecule has 24 heavy (non-hydrogen) atoms. The molecule has 1 saturated heterocycles. The summed E-state index contributed by atoms with van der Waals surface area (Å²) in [5, 5.41) is 9.45. The van der Waals surface area contributed by atoms with Gasteiger partial charge in [-0.25, -0.2) is 0 Å². The van der Waals surface area contributed by atoms with Crippen LogP contribution in [0.1, 0.15) is 45.4 Å². The second kappa shape index (κ2) is 9.76. The minimum Gasteiger partial charge on any atom is -0.492 e. The molecular formula is C20H31NO3. The number of aliphatic hydroxyl groups excluding tert-OH is 1. The summed E-state index contributed by atoms with van der Waals surface area (Å²) in [7, 11) is 3.80. The van der Waals surface area contributed by atoms with E-state index in [4.69, 9.17) is 9.47 Å². The molecule has 1 heterocycles. The zero-order valence-electron chi connectivity index (χ0n) is 15.3. The lowest BCUT2D eigenvalue weighted by atomic mass is 9.84. The van der Waals surface area contributed by atoms with Crippen LogP contribution in [0.3, 0.4) is 0 Å². The van der Waals surface area contributed by atoms with Crippen LogP contribution in [-0.4, -0.2) is 49.5 Å². The first-order valence-electron chi connectivity index (χ1n) is 9.13. The molecule has 1 N–H and O–H groups in total. The fourth-order valence-corrected chi connectivity index (χ4v) is 3.55. The molecule has 1 aliphatic carbocycles. The van der Waals surface area contributed by atoms with Gasteiger partial charge in [-0.1, -0.05) is 19.4 Å². The first-order valence-corrected chi connectivity index (χ1v) is 9.13. The van der Waals surface area contributed by atoms with Crippen molar-refractivity contribution in [2.24, 2.45) is 5.92 Å². The van der Waals surface area contributed by atoms with E-state index in [-0.39, 0.29) is 6.10 Å². The molecule has 0 radical (unpaired) electrons. The fraction of sp³-hybridized carbons (Fsp3) is 0.700. The molecule has 0 spiro atoms. The Balaban J connectivity index is 0.000000175. The Bertz CT molecular complexity index is 480. The van der Waals surface area contributed by atoms with Crippen molar-refractivity contribution in [3.05, 3.63) is 24.3 Å². The van der Waals surface area contributed by atoms with Crippen molar-refractivity contribution in [2.45, 2.75) is 57.6 Å². The summed E-state index contributed by atoms with van der Waals surface area (Å²) in [5.74, 6) is 2.26. The maximum Gasteiger partial charge on any atom is 0.213 e. The van der Waals surface area contributed by atoms with Crippen molar-refractivity contribution in [1.29, 1.82) is 0 Å². The molecule has 1 aromatic carbocycles. The number of rotatable bonds is 5. The highest BCUT2D eigenvalue weighted by Crippen LogP contribution is 2.35. The molecule has 3 atom stereocenters. The van der Waals surface area contributed by atoms with Crippen LogP contribution in [0.15, 0.2) is 12.1 Å². The quantitative estimate of drug-likeness (QED) is 0.839. The topological polar surface area (TPSA) is 41.9 Å². The van der Waals surface area contributed by atoms with Crippen molar-refractivity contribution in [1.82, 2.24) is 4.90 Å². The van der Waals surface area contributed by atoms with E-state index in [2.05, 4.69) is 31.0 Å². The second-order valence-electron chi connectivity index (χ2n) is 6.77. The van der Waals surface area contributed by atoms with E-state index >= 15 is 0 Å². The number of fused-ring (bicyclic) bond motifs is 1. The molecule has 2 fully saturated rings. The Morgan fingerprint density at radius 3 is 2.92 bits per heavy atom. The van der Waals surface area contributed by atoms with Gasteiger partial charge in [0.05, 0.1) is 19.8 Å². The highest BCUT2D eigenvalue weighted by molar-refractivity contribution is 5.35. The van der Waals surface area contributed by atoms with Crippen LogP contribution in [0.25, 0.3) is 0 Å². The lowest BCUT2D eigenvalue weighted by Gasteiger charge is -2.32. The molecule has 3 unspecified atom stereocenters. The third kappa shape index (κ3) is 5.29. The Kier molecular flexibility index (Phi) is 7.68. The summed E-state index contributed by atoms with van der Waals surface area (Å²) >= 11 is 0. The molecule has 0 bridgehead atoms. The maximum absolute atomic E-state index is 9.45. The summed E-state index contributed by atoms with van der Waals surface area (Å²) in [4.78, 5) is 2.41. The molecule has 4 nitrogen and oxygen atoms in total. The third-order valence-electron chi connectivity index (χ3n) is 5.04. The molecule has 134 valence electrons. The van der Waals surface area contributed by atoms with Gasteiger partial charge in [-0.15, -0.1) is 0 Å². The van der Waals surface area contributed by atoms with Gasteiger partial charge in [0.15, 0.2) is 5.75 Å². The van der Waals surface area contributed by atoms with Crippen LogP contribution < -0.4 is 9.47 Å². The monoisotopic (exact) mass is 333 g/mol. The zero-order valence-corrected chi connectivity index (χ0v) is 15.3. The van der Waals surface area contributed by atoms with Gasteiger partial charge >= 0.3 is 0 Å². The van der Waals surface area contributed by atoms with E-state index in [9.17, 15) is 5.11 Å². The van der Waals surface area contributed by atoms with Gasteiger partial charge in [-0.2, -0.15) is 0 Å². The van der Waals surface area contributed by atoms with Gasteiger partial charge in [0.1, 0.15) is 0 Å². The largest absolute Gasteiger partial charge is 0.492 e. The fourth-order valence-electron chi connectivity index (χ4n) is 3.55. The van der Waals surface area contributed by atoms with E-state index in [0.29, 0.717) is 18.4 Å². The highest BCUT2D eigenvalue weighted by atomic mass is 16.5. The third-order valence-corrected chi connectivity index (χ3v) is 5.04. The predicted octanol–water partition coefficient (Wildman–Crippen LogP) is 3.33. The minimum absolute atomic E-state index is 0.0169. The minimum atomic E-state index is -0.0169. The number of aliphatic hydroxyl groups is 1. The van der Waals surface area contributed by atoms with Crippen molar-refractivity contribution >= 4 is 0 Å². The van der Waals surface area contributed by atoms with Crippen LogP contribution in [-0.2, 0) is 0 Å². The zero-order chi connectivity index (χ0) is 17.4. The van der Waals surface area contributed by atoms with Crippen molar-refractivity contribution < 1.29 is 14.6 Å². The number of unbranched alkanes of at least 4 members (excludes halogenated alkanes) is 1. The first-order chi connectivity index (χ1) is 11.7. The number of hydrogen-bond donors (Lipinski definition) is 1. The maximum atomic E-state index is 9.45. The molecule has 1 saturated carbocycles. The van der Waals surface area contributed by atoms with Crippen LogP contribution in [0.4, 0.5) is 0 Å². The predicted molar refractivity (Wildman–Crippen MR) is 95.5 cm³/mol. The SMILES string of the molecule is CCCCOc1c#cccc1OC.CN1CCC2CCC(O)CC21. The van der Waals surface area contributed by atoms with Crippen LogP contribution >= 0.6 is 0 Å². The smallest absolute Gasteiger partial charge is 0.213 e. The number of likely N-dealkylation sites (tertiary alicyclic amines) is 1. The van der Waals surface area contributed by atoms with E-state index in [1.54, 1.807) is 13.2 Å². The summed E-state index contributed by atoms with van der Waals surface area (Å²) < 4.78 is 10.6. The van der Waals surface area contributed by atoms with Crippen LogP contribution in [0.5, 0.6) is 11.5 Å². The molecular weight excluding hydrogens is 302 g/mol. The molecule has 2 aliphatic rings. The Labute approximate surface area is 146 Å². The average molecular weight is 333 g/mol. The average Bonchev–Trinajstić information content (AvgIpc) is 2.97. The normalized spacial score (nSPS) is 25.9. The van der Waals surface area contributed by atoms with Gasteiger partial charge in [0.25, 0.3) is 0 Å². The number of nitrogens with zero attached hydrogens (tertiary/aromatic N) is 1. The summed E-state index contributed by atoms with van der Waals surface area (Å²) in [6.07, 6.45) is 6.81. The molecule has 0 amide bonds. The molecule has 1 aromatic rings. The molecule has 3 rings (SSSR count). The van der Waals surface area contributed by atoms with Gasteiger partial charge in [0, 0.05) is 6.04 Å². The van der Waals surface area contributed by atoms with Crippen LogP contribution in [0.2, 0.25) is 0 Å². The summed E-state index contributed by atoms with van der Waals surface area (Å²) in [6.45, 7) is 4.07. The lowest BCUT2D eigenvalue weighted by Crippen LogP contribution is -2.36. The van der Waals surface area contributed by atoms with Crippen molar-refractivity contribution in [2.75, 3.05) is 27.3 Å². The van der Waals surface area contributed by atoms with E-state index < -0.39 is 0 Å². The van der Waals surface area contributed by atoms with Crippen molar-refractivity contribution in [3.8, 4) is 11.5 Å². The van der Waals surface area contributed by atoms with Gasteiger partial charge in [-0.05, 0) is 69.8 Å². The Hall–Kier alpha value is -1.44. The standard InChI is InChI=1S/C11H14O2.C9H17NO/c1-3-4-9-13-11-8-6-5-7-10(11)12-2;1-10-5-4-7-2-3-8(11)6-9(7)10/h5,7H,3-4,9H2,1-2H3;7-9,11H,2-6H2,1H3. The van der Waals surface area contributed by atoms with E-state index in [0.717, 1.165) is 37.4 Å². The first kappa shape index (κ1) is 18.9. The van der Waals surface area contributed by atoms with E-state index in [1.807, 2.05) is 6.07 Å². The molecule has 1 aliphatic heterocycles.